The Balaban J connectivity index is 2.12. The van der Waals surface area contributed by atoms with Crippen LogP contribution in [0.2, 0.25) is 0 Å². The Labute approximate surface area is 106 Å². The van der Waals surface area contributed by atoms with Crippen LogP contribution in [0.15, 0.2) is 36.5 Å². The second-order valence-electron chi connectivity index (χ2n) is 4.03. The highest BCUT2D eigenvalue weighted by Gasteiger charge is 2.02. The van der Waals surface area contributed by atoms with Gasteiger partial charge >= 0.3 is 0 Å². The first kappa shape index (κ1) is 11.9. The van der Waals surface area contributed by atoms with E-state index in [-0.39, 0.29) is 0 Å². The van der Waals surface area contributed by atoms with Gasteiger partial charge in [-0.3, -0.25) is 4.98 Å². The third kappa shape index (κ3) is 2.58. The smallest absolute Gasteiger partial charge is 0.0992 e. The number of aryl methyl sites for hydroxylation is 1. The number of anilines is 2. The molecule has 1 aromatic carbocycles. The molecule has 4 nitrogen and oxygen atoms in total. The number of nitrogens with two attached hydrogens (primary N) is 1. The summed E-state index contributed by atoms with van der Waals surface area (Å²) < 4.78 is 0. The van der Waals surface area contributed by atoms with Gasteiger partial charge in [-0.25, -0.2) is 0 Å². The van der Waals surface area contributed by atoms with E-state index in [0.717, 1.165) is 16.9 Å². The third-order valence-electron chi connectivity index (χ3n) is 2.74. The molecule has 18 heavy (non-hydrogen) atoms. The lowest BCUT2D eigenvalue weighted by Gasteiger charge is -2.10. The molecule has 0 bridgehead atoms. The number of hydrogen-bond donors (Lipinski definition) is 2. The van der Waals surface area contributed by atoms with Crippen molar-refractivity contribution in [3.05, 3.63) is 53.3 Å². The van der Waals surface area contributed by atoms with Crippen LogP contribution >= 0.6 is 0 Å². The molecule has 2 aromatic rings. The van der Waals surface area contributed by atoms with Crippen molar-refractivity contribution in [2.75, 3.05) is 11.1 Å². The second-order valence-corrected chi connectivity index (χ2v) is 4.03. The zero-order valence-electron chi connectivity index (χ0n) is 10.1. The molecule has 0 saturated heterocycles. The Morgan fingerprint density at radius 2 is 2.22 bits per heavy atom. The number of nitrogens with zero attached hydrogens (tertiary/aromatic N) is 2. The second kappa shape index (κ2) is 5.19. The fourth-order valence-corrected chi connectivity index (χ4v) is 1.68. The van der Waals surface area contributed by atoms with E-state index in [2.05, 4.69) is 16.4 Å². The molecule has 4 heteroatoms. The first-order chi connectivity index (χ1) is 8.70. The lowest BCUT2D eigenvalue weighted by atomic mass is 10.1. The average molecular weight is 238 g/mol. The van der Waals surface area contributed by atoms with E-state index < -0.39 is 0 Å². The Hall–Kier alpha value is -2.54. The summed E-state index contributed by atoms with van der Waals surface area (Å²) in [5.41, 5.74) is 9.94. The van der Waals surface area contributed by atoms with Gasteiger partial charge in [0.25, 0.3) is 0 Å². The van der Waals surface area contributed by atoms with Crippen molar-refractivity contribution in [2.45, 2.75) is 13.5 Å². The maximum atomic E-state index is 8.76. The van der Waals surface area contributed by atoms with Crippen LogP contribution < -0.4 is 11.1 Å². The summed E-state index contributed by atoms with van der Waals surface area (Å²) in [6.07, 6.45) is 1.77. The number of nitrogens with one attached hydrogen (secondary N) is 1. The molecule has 0 unspecified atom stereocenters. The topological polar surface area (TPSA) is 74.7 Å². The zero-order chi connectivity index (χ0) is 13.0. The molecule has 2 rings (SSSR count). The van der Waals surface area contributed by atoms with Crippen LogP contribution in [0.3, 0.4) is 0 Å². The van der Waals surface area contributed by atoms with Crippen molar-refractivity contribution in [1.82, 2.24) is 4.98 Å². The highest BCUT2D eigenvalue weighted by atomic mass is 14.9. The Kier molecular flexibility index (Phi) is 3.44. The van der Waals surface area contributed by atoms with E-state index in [0.29, 0.717) is 17.8 Å². The van der Waals surface area contributed by atoms with Crippen molar-refractivity contribution in [3.8, 4) is 6.07 Å². The van der Waals surface area contributed by atoms with Crippen molar-refractivity contribution >= 4 is 11.4 Å². The zero-order valence-corrected chi connectivity index (χ0v) is 10.1. The molecule has 3 N–H and O–H groups in total. The Bertz CT molecular complexity index is 599. The molecular formula is C14H14N4. The Morgan fingerprint density at radius 1 is 1.39 bits per heavy atom. The van der Waals surface area contributed by atoms with E-state index in [1.54, 1.807) is 18.3 Å². The summed E-state index contributed by atoms with van der Waals surface area (Å²) in [4.78, 5) is 4.30. The van der Waals surface area contributed by atoms with Crippen LogP contribution in [0.4, 0.5) is 11.4 Å². The summed E-state index contributed by atoms with van der Waals surface area (Å²) in [5, 5.41) is 12.0. The summed E-state index contributed by atoms with van der Waals surface area (Å²) in [7, 11) is 0. The number of aromatic nitrogens is 1. The van der Waals surface area contributed by atoms with Crippen molar-refractivity contribution in [1.29, 1.82) is 5.26 Å². The lowest BCUT2D eigenvalue weighted by molar-refractivity contribution is 1.02. The van der Waals surface area contributed by atoms with Crippen LogP contribution in [0.25, 0.3) is 0 Å². The molecule has 0 atom stereocenters. The van der Waals surface area contributed by atoms with Gasteiger partial charge < -0.3 is 11.1 Å². The normalized spacial score (nSPS) is 9.78. The van der Waals surface area contributed by atoms with Gasteiger partial charge in [0, 0.05) is 6.20 Å². The van der Waals surface area contributed by atoms with Gasteiger partial charge in [0.2, 0.25) is 0 Å². The maximum Gasteiger partial charge on any atom is 0.0992 e. The highest BCUT2D eigenvalue weighted by molar-refractivity contribution is 5.68. The molecule has 0 aliphatic heterocycles. The largest absolute Gasteiger partial charge is 0.397 e. The fraction of sp³-hybridized carbons (Fsp3) is 0.143. The lowest BCUT2D eigenvalue weighted by Crippen LogP contribution is -2.05. The summed E-state index contributed by atoms with van der Waals surface area (Å²) in [6, 6.07) is 11.2. The number of rotatable bonds is 3. The molecule has 0 spiro atoms. The standard InChI is InChI=1S/C14H14N4/c1-10-3-2-6-17-14(10)9-18-13-5-4-11(8-15)7-12(13)16/h2-7,18H,9,16H2,1H3. The van der Waals surface area contributed by atoms with Gasteiger partial charge in [0.1, 0.15) is 0 Å². The summed E-state index contributed by atoms with van der Waals surface area (Å²) in [6.45, 7) is 2.63. The minimum absolute atomic E-state index is 0.562. The molecule has 0 aliphatic carbocycles. The molecule has 0 amide bonds. The number of benzene rings is 1. The van der Waals surface area contributed by atoms with E-state index >= 15 is 0 Å². The van der Waals surface area contributed by atoms with Gasteiger partial charge in [-0.05, 0) is 36.8 Å². The predicted molar refractivity (Wildman–Crippen MR) is 71.9 cm³/mol. The van der Waals surface area contributed by atoms with Crippen LogP contribution in [-0.2, 0) is 6.54 Å². The molecule has 0 aliphatic rings. The Morgan fingerprint density at radius 3 is 2.89 bits per heavy atom. The quantitative estimate of drug-likeness (QED) is 0.805. The van der Waals surface area contributed by atoms with E-state index in [1.807, 2.05) is 25.1 Å². The van der Waals surface area contributed by atoms with Crippen molar-refractivity contribution in [2.24, 2.45) is 0 Å². The number of hydrogen-bond acceptors (Lipinski definition) is 4. The molecule has 1 heterocycles. The predicted octanol–water partition coefficient (Wildman–Crippen LogP) is 2.46. The minimum atomic E-state index is 0.562. The fourth-order valence-electron chi connectivity index (χ4n) is 1.68. The minimum Gasteiger partial charge on any atom is -0.397 e. The molecule has 90 valence electrons. The molecular weight excluding hydrogens is 224 g/mol. The van der Waals surface area contributed by atoms with Gasteiger partial charge in [-0.2, -0.15) is 5.26 Å². The van der Waals surface area contributed by atoms with Gasteiger partial charge in [-0.15, -0.1) is 0 Å². The van der Waals surface area contributed by atoms with Crippen LogP contribution in [-0.4, -0.2) is 4.98 Å². The van der Waals surface area contributed by atoms with Gasteiger partial charge in [-0.1, -0.05) is 6.07 Å². The molecule has 0 fully saturated rings. The number of nitriles is 1. The molecule has 1 aromatic heterocycles. The van der Waals surface area contributed by atoms with Crippen LogP contribution in [0, 0.1) is 18.3 Å². The number of pyridine rings is 1. The van der Waals surface area contributed by atoms with Crippen LogP contribution in [0.5, 0.6) is 0 Å². The van der Waals surface area contributed by atoms with E-state index in [1.165, 1.54) is 0 Å². The van der Waals surface area contributed by atoms with Gasteiger partial charge in [0.15, 0.2) is 0 Å². The van der Waals surface area contributed by atoms with E-state index in [9.17, 15) is 0 Å². The first-order valence-electron chi connectivity index (χ1n) is 5.64. The molecule has 0 radical (unpaired) electrons. The summed E-state index contributed by atoms with van der Waals surface area (Å²) >= 11 is 0. The SMILES string of the molecule is Cc1cccnc1CNc1ccc(C#N)cc1N. The third-order valence-corrected chi connectivity index (χ3v) is 2.74. The highest BCUT2D eigenvalue weighted by Crippen LogP contribution is 2.20. The van der Waals surface area contributed by atoms with Gasteiger partial charge in [0.05, 0.1) is 35.2 Å². The monoisotopic (exact) mass is 238 g/mol. The van der Waals surface area contributed by atoms with Crippen LogP contribution in [0.1, 0.15) is 16.8 Å². The van der Waals surface area contributed by atoms with Crippen molar-refractivity contribution in [3.63, 3.8) is 0 Å². The van der Waals surface area contributed by atoms with Crippen molar-refractivity contribution < 1.29 is 0 Å². The number of nitrogen functional groups attached to an aromatic ring is 1. The maximum absolute atomic E-state index is 8.76. The molecule has 0 saturated carbocycles. The van der Waals surface area contributed by atoms with E-state index in [4.69, 9.17) is 11.0 Å². The average Bonchev–Trinajstić information content (AvgIpc) is 2.39. The summed E-state index contributed by atoms with van der Waals surface area (Å²) in [5.74, 6) is 0. The first-order valence-corrected chi connectivity index (χ1v) is 5.64.